The highest BCUT2D eigenvalue weighted by Crippen LogP contribution is 2.11. The van der Waals surface area contributed by atoms with E-state index in [4.69, 9.17) is 4.74 Å². The van der Waals surface area contributed by atoms with Crippen molar-refractivity contribution in [1.82, 2.24) is 5.32 Å². The number of carbonyl (C=O) groups excluding carboxylic acids is 1. The fourth-order valence-corrected chi connectivity index (χ4v) is 1.47. The highest BCUT2D eigenvalue weighted by atomic mass is 16.5. The van der Waals surface area contributed by atoms with Crippen LogP contribution in [-0.4, -0.2) is 12.6 Å². The van der Waals surface area contributed by atoms with Crippen LogP contribution in [-0.2, 0) is 16.1 Å². The second-order valence-electron chi connectivity index (χ2n) is 3.42. The fraction of sp³-hybridized carbons (Fsp3) is 0.250. The number of rotatable bonds is 3. The lowest BCUT2D eigenvalue weighted by Gasteiger charge is -2.01. The van der Waals surface area contributed by atoms with Crippen molar-refractivity contribution in [3.8, 4) is 0 Å². The molecule has 0 aliphatic carbocycles. The van der Waals surface area contributed by atoms with Gasteiger partial charge in [0.25, 0.3) is 0 Å². The van der Waals surface area contributed by atoms with Crippen LogP contribution in [0.1, 0.15) is 12.0 Å². The summed E-state index contributed by atoms with van der Waals surface area (Å²) >= 11 is 0. The maximum atomic E-state index is 11.1. The van der Waals surface area contributed by atoms with E-state index in [0.717, 1.165) is 12.1 Å². The Morgan fingerprint density at radius 2 is 2.13 bits per heavy atom. The minimum absolute atomic E-state index is 0.199. The second kappa shape index (κ2) is 4.64. The molecule has 1 saturated heterocycles. The summed E-state index contributed by atoms with van der Waals surface area (Å²) in [5.74, 6) is -0.199. The zero-order chi connectivity index (χ0) is 10.5. The number of cyclic esters (lactones) is 1. The Morgan fingerprint density at radius 1 is 1.33 bits per heavy atom. The van der Waals surface area contributed by atoms with E-state index >= 15 is 0 Å². The number of hydrogen-bond donors (Lipinski definition) is 1. The molecule has 15 heavy (non-hydrogen) atoms. The molecule has 78 valence electrons. The molecular weight excluding hydrogens is 190 g/mol. The SMILES string of the molecule is O=C1OCC/C1=C/NCc1ccccc1. The molecule has 0 atom stereocenters. The van der Waals surface area contributed by atoms with Crippen molar-refractivity contribution in [2.45, 2.75) is 13.0 Å². The van der Waals surface area contributed by atoms with E-state index in [0.29, 0.717) is 13.0 Å². The van der Waals surface area contributed by atoms with E-state index in [2.05, 4.69) is 5.32 Å². The Hall–Kier alpha value is -1.77. The minimum Gasteiger partial charge on any atom is -0.462 e. The van der Waals surface area contributed by atoms with Crippen LogP contribution in [0.15, 0.2) is 42.1 Å². The highest BCUT2D eigenvalue weighted by Gasteiger charge is 2.17. The molecule has 0 saturated carbocycles. The zero-order valence-electron chi connectivity index (χ0n) is 8.40. The van der Waals surface area contributed by atoms with Gasteiger partial charge in [0.05, 0.1) is 12.2 Å². The molecule has 0 unspecified atom stereocenters. The molecule has 0 spiro atoms. The van der Waals surface area contributed by atoms with Gasteiger partial charge in [0, 0.05) is 19.2 Å². The van der Waals surface area contributed by atoms with Gasteiger partial charge >= 0.3 is 5.97 Å². The van der Waals surface area contributed by atoms with Crippen LogP contribution in [0.25, 0.3) is 0 Å². The van der Waals surface area contributed by atoms with Crippen LogP contribution in [0.3, 0.4) is 0 Å². The van der Waals surface area contributed by atoms with Gasteiger partial charge in [-0.25, -0.2) is 4.79 Å². The highest BCUT2D eigenvalue weighted by molar-refractivity contribution is 5.90. The molecule has 1 aliphatic rings. The lowest BCUT2D eigenvalue weighted by atomic mass is 10.2. The predicted octanol–water partition coefficient (Wildman–Crippen LogP) is 1.61. The smallest absolute Gasteiger partial charge is 0.335 e. The Morgan fingerprint density at radius 3 is 2.80 bits per heavy atom. The van der Waals surface area contributed by atoms with Crippen molar-refractivity contribution in [2.24, 2.45) is 0 Å². The topological polar surface area (TPSA) is 38.3 Å². The quantitative estimate of drug-likeness (QED) is 0.599. The number of carbonyl (C=O) groups is 1. The Bertz CT molecular complexity index is 370. The number of esters is 1. The molecule has 1 N–H and O–H groups in total. The largest absolute Gasteiger partial charge is 0.462 e. The molecule has 3 heteroatoms. The van der Waals surface area contributed by atoms with E-state index < -0.39 is 0 Å². The molecule has 0 amide bonds. The summed E-state index contributed by atoms with van der Waals surface area (Å²) in [7, 11) is 0. The Labute approximate surface area is 88.8 Å². The summed E-state index contributed by atoms with van der Waals surface area (Å²) in [4.78, 5) is 11.1. The van der Waals surface area contributed by atoms with Crippen LogP contribution in [0.5, 0.6) is 0 Å². The average molecular weight is 203 g/mol. The van der Waals surface area contributed by atoms with Crippen molar-refractivity contribution >= 4 is 5.97 Å². The molecule has 0 bridgehead atoms. The van der Waals surface area contributed by atoms with Crippen molar-refractivity contribution in [3.05, 3.63) is 47.7 Å². The molecular formula is C12H13NO2. The third-order valence-electron chi connectivity index (χ3n) is 2.29. The van der Waals surface area contributed by atoms with Gasteiger partial charge in [-0.1, -0.05) is 30.3 Å². The standard InChI is InChI=1S/C12H13NO2/c14-12-11(6-7-15-12)9-13-8-10-4-2-1-3-5-10/h1-5,9,13H,6-8H2/b11-9-. The van der Waals surface area contributed by atoms with Crippen molar-refractivity contribution < 1.29 is 9.53 Å². The van der Waals surface area contributed by atoms with Gasteiger partial charge < -0.3 is 10.1 Å². The number of hydrogen-bond acceptors (Lipinski definition) is 3. The lowest BCUT2D eigenvalue weighted by Crippen LogP contribution is -2.07. The van der Waals surface area contributed by atoms with Gasteiger partial charge in [-0.3, -0.25) is 0 Å². The van der Waals surface area contributed by atoms with E-state index in [9.17, 15) is 4.79 Å². The molecule has 1 aliphatic heterocycles. The third kappa shape index (κ3) is 2.59. The Balaban J connectivity index is 1.87. The summed E-state index contributed by atoms with van der Waals surface area (Å²) in [6.07, 6.45) is 2.46. The van der Waals surface area contributed by atoms with Gasteiger partial charge in [0.2, 0.25) is 0 Å². The van der Waals surface area contributed by atoms with Gasteiger partial charge in [-0.15, -0.1) is 0 Å². The monoisotopic (exact) mass is 203 g/mol. The van der Waals surface area contributed by atoms with Crippen molar-refractivity contribution in [2.75, 3.05) is 6.61 Å². The zero-order valence-corrected chi connectivity index (χ0v) is 8.40. The van der Waals surface area contributed by atoms with Gasteiger partial charge in [0.15, 0.2) is 0 Å². The first-order valence-corrected chi connectivity index (χ1v) is 5.00. The molecule has 1 aromatic carbocycles. The van der Waals surface area contributed by atoms with Crippen molar-refractivity contribution in [1.29, 1.82) is 0 Å². The Kier molecular flexibility index (Phi) is 3.02. The minimum atomic E-state index is -0.199. The van der Waals surface area contributed by atoms with Crippen LogP contribution >= 0.6 is 0 Å². The molecule has 2 rings (SSSR count). The van der Waals surface area contributed by atoms with Gasteiger partial charge in [0.1, 0.15) is 0 Å². The summed E-state index contributed by atoms with van der Waals surface area (Å²) in [6, 6.07) is 10.1. The van der Waals surface area contributed by atoms with Crippen LogP contribution < -0.4 is 5.32 Å². The van der Waals surface area contributed by atoms with Gasteiger partial charge in [-0.05, 0) is 5.56 Å². The molecule has 1 fully saturated rings. The maximum absolute atomic E-state index is 11.1. The first-order valence-electron chi connectivity index (χ1n) is 5.00. The first kappa shape index (κ1) is 9.77. The third-order valence-corrected chi connectivity index (χ3v) is 2.29. The fourth-order valence-electron chi connectivity index (χ4n) is 1.47. The number of nitrogens with one attached hydrogen (secondary N) is 1. The van der Waals surface area contributed by atoms with Crippen LogP contribution in [0, 0.1) is 0 Å². The lowest BCUT2D eigenvalue weighted by molar-refractivity contribution is -0.135. The first-order chi connectivity index (χ1) is 7.36. The normalized spacial score (nSPS) is 17.9. The summed E-state index contributed by atoms with van der Waals surface area (Å²) in [5.41, 5.74) is 1.92. The maximum Gasteiger partial charge on any atom is 0.335 e. The molecule has 1 aromatic rings. The van der Waals surface area contributed by atoms with Crippen LogP contribution in [0.2, 0.25) is 0 Å². The van der Waals surface area contributed by atoms with Crippen molar-refractivity contribution in [3.63, 3.8) is 0 Å². The summed E-state index contributed by atoms with van der Waals surface area (Å²) in [5, 5.41) is 3.11. The van der Waals surface area contributed by atoms with E-state index in [-0.39, 0.29) is 5.97 Å². The molecule has 3 nitrogen and oxygen atoms in total. The van der Waals surface area contributed by atoms with Crippen LogP contribution in [0.4, 0.5) is 0 Å². The van der Waals surface area contributed by atoms with E-state index in [1.807, 2.05) is 30.3 Å². The molecule has 1 heterocycles. The summed E-state index contributed by atoms with van der Waals surface area (Å²) in [6.45, 7) is 1.25. The number of benzene rings is 1. The number of ether oxygens (including phenoxy) is 1. The van der Waals surface area contributed by atoms with E-state index in [1.165, 1.54) is 5.56 Å². The summed E-state index contributed by atoms with van der Waals surface area (Å²) < 4.78 is 4.82. The van der Waals surface area contributed by atoms with Gasteiger partial charge in [-0.2, -0.15) is 0 Å². The predicted molar refractivity (Wildman–Crippen MR) is 56.9 cm³/mol. The second-order valence-corrected chi connectivity index (χ2v) is 3.42. The molecule has 0 aromatic heterocycles. The average Bonchev–Trinajstić information content (AvgIpc) is 2.66. The van der Waals surface area contributed by atoms with E-state index in [1.54, 1.807) is 6.20 Å². The molecule has 0 radical (unpaired) electrons.